The zero-order chi connectivity index (χ0) is 23.5. The molecule has 1 fully saturated rings. The third-order valence-corrected chi connectivity index (χ3v) is 8.56. The number of aromatic nitrogens is 1. The molecule has 0 saturated carbocycles. The summed E-state index contributed by atoms with van der Waals surface area (Å²) in [7, 11) is 1.55. The first-order valence-electron chi connectivity index (χ1n) is 9.94. The fraction of sp³-hybridized carbons (Fsp3) is 0.286. The fourth-order valence-electron chi connectivity index (χ4n) is 3.45. The number of nitrogens with one attached hydrogen (secondary N) is 2. The van der Waals surface area contributed by atoms with Crippen LogP contribution in [0.2, 0.25) is 0 Å². The predicted molar refractivity (Wildman–Crippen MR) is 126 cm³/mol. The van der Waals surface area contributed by atoms with E-state index in [0.29, 0.717) is 20.7 Å². The molecular weight excluding hydrogens is 484 g/mol. The Balaban J connectivity index is 1.45. The van der Waals surface area contributed by atoms with E-state index in [4.69, 9.17) is 0 Å². The van der Waals surface area contributed by atoms with Crippen molar-refractivity contribution in [1.82, 2.24) is 20.5 Å². The second kappa shape index (κ2) is 9.98. The second-order valence-electron chi connectivity index (χ2n) is 7.25. The number of β-lactam (4-membered cyclic amide) rings is 1. The van der Waals surface area contributed by atoms with Crippen LogP contribution in [0.15, 0.2) is 50.7 Å². The van der Waals surface area contributed by atoms with Crippen LogP contribution in [-0.2, 0) is 32.0 Å². The fourth-order valence-corrected chi connectivity index (χ4v) is 6.92. The van der Waals surface area contributed by atoms with Crippen LogP contribution in [0.25, 0.3) is 0 Å². The van der Waals surface area contributed by atoms with Crippen molar-refractivity contribution in [1.29, 1.82) is 0 Å². The summed E-state index contributed by atoms with van der Waals surface area (Å²) in [5.41, 5.74) is 1.35. The predicted octanol–water partition coefficient (Wildman–Crippen LogP) is 1.46. The van der Waals surface area contributed by atoms with E-state index in [1.54, 1.807) is 12.4 Å². The Bertz CT molecular complexity index is 1130. The SMILES string of the molecule is CNC(=O)Cc1csc(SC2=C(C(=O)O)N3C(=O)[C@@H](NC(=O)Cc4ccccc4)[C@@H]3SC2)n1. The zero-order valence-corrected chi connectivity index (χ0v) is 19.9. The van der Waals surface area contributed by atoms with Crippen LogP contribution >= 0.6 is 34.9 Å². The van der Waals surface area contributed by atoms with Gasteiger partial charge in [-0.2, -0.15) is 0 Å². The summed E-state index contributed by atoms with van der Waals surface area (Å²) in [6.07, 6.45) is 0.289. The summed E-state index contributed by atoms with van der Waals surface area (Å²) < 4.78 is 0.599. The number of nitrogens with zero attached hydrogens (tertiary/aromatic N) is 2. The summed E-state index contributed by atoms with van der Waals surface area (Å²) in [5, 5.41) is 16.4. The average Bonchev–Trinajstić information content (AvgIpc) is 3.24. The van der Waals surface area contributed by atoms with E-state index in [-0.39, 0.29) is 30.4 Å². The molecular formula is C21H20N4O5S3. The molecule has 2 atom stereocenters. The molecule has 9 nitrogen and oxygen atoms in total. The largest absolute Gasteiger partial charge is 0.477 e. The van der Waals surface area contributed by atoms with E-state index in [1.807, 2.05) is 30.3 Å². The van der Waals surface area contributed by atoms with Gasteiger partial charge in [0, 0.05) is 23.1 Å². The smallest absolute Gasteiger partial charge is 0.353 e. The molecule has 1 aromatic carbocycles. The number of carboxylic acid groups (broad SMARTS) is 1. The van der Waals surface area contributed by atoms with Gasteiger partial charge >= 0.3 is 5.97 Å². The van der Waals surface area contributed by atoms with Gasteiger partial charge in [0.05, 0.1) is 18.5 Å². The van der Waals surface area contributed by atoms with Crippen molar-refractivity contribution >= 4 is 58.6 Å². The third kappa shape index (κ3) is 5.07. The van der Waals surface area contributed by atoms with Crippen LogP contribution < -0.4 is 10.6 Å². The van der Waals surface area contributed by atoms with Gasteiger partial charge in [-0.15, -0.1) is 23.1 Å². The molecule has 3 amide bonds. The van der Waals surface area contributed by atoms with Crippen molar-refractivity contribution in [2.24, 2.45) is 0 Å². The van der Waals surface area contributed by atoms with Crippen molar-refractivity contribution in [2.75, 3.05) is 12.8 Å². The molecule has 4 rings (SSSR count). The number of rotatable bonds is 8. The zero-order valence-electron chi connectivity index (χ0n) is 17.4. The molecule has 1 saturated heterocycles. The number of thiazole rings is 1. The molecule has 2 aliphatic rings. The lowest BCUT2D eigenvalue weighted by atomic mass is 10.0. The Morgan fingerprint density at radius 3 is 2.67 bits per heavy atom. The molecule has 172 valence electrons. The molecule has 0 unspecified atom stereocenters. The Kier molecular flexibility index (Phi) is 7.05. The molecule has 0 bridgehead atoms. The summed E-state index contributed by atoms with van der Waals surface area (Å²) >= 11 is 3.91. The number of hydrogen-bond acceptors (Lipinski definition) is 8. The lowest BCUT2D eigenvalue weighted by Gasteiger charge is -2.49. The molecule has 3 N–H and O–H groups in total. The maximum Gasteiger partial charge on any atom is 0.353 e. The van der Waals surface area contributed by atoms with Gasteiger partial charge in [0.15, 0.2) is 4.34 Å². The molecule has 33 heavy (non-hydrogen) atoms. The van der Waals surface area contributed by atoms with E-state index in [2.05, 4.69) is 15.6 Å². The Labute approximate surface area is 202 Å². The molecule has 0 radical (unpaired) electrons. The number of fused-ring (bicyclic) bond motifs is 1. The maximum absolute atomic E-state index is 12.8. The monoisotopic (exact) mass is 504 g/mol. The van der Waals surface area contributed by atoms with Gasteiger partial charge < -0.3 is 15.7 Å². The van der Waals surface area contributed by atoms with Crippen LogP contribution in [0.1, 0.15) is 11.3 Å². The van der Waals surface area contributed by atoms with Gasteiger partial charge in [-0.05, 0) is 5.56 Å². The highest BCUT2D eigenvalue weighted by Crippen LogP contribution is 2.45. The number of carbonyl (C=O) groups is 4. The second-order valence-corrected chi connectivity index (χ2v) is 10.6. The van der Waals surface area contributed by atoms with Crippen LogP contribution in [0.5, 0.6) is 0 Å². The Morgan fingerprint density at radius 2 is 1.97 bits per heavy atom. The minimum absolute atomic E-state index is 0.0784. The third-order valence-electron chi connectivity index (χ3n) is 5.02. The Morgan fingerprint density at radius 1 is 1.21 bits per heavy atom. The van der Waals surface area contributed by atoms with Crippen molar-refractivity contribution in [2.45, 2.75) is 28.6 Å². The summed E-state index contributed by atoms with van der Waals surface area (Å²) in [6.45, 7) is 0. The quantitative estimate of drug-likeness (QED) is 0.461. The van der Waals surface area contributed by atoms with Crippen molar-refractivity contribution < 1.29 is 24.3 Å². The number of amides is 3. The van der Waals surface area contributed by atoms with Gasteiger partial charge in [-0.1, -0.05) is 42.1 Å². The lowest BCUT2D eigenvalue weighted by Crippen LogP contribution is -2.70. The molecule has 1 aromatic heterocycles. The van der Waals surface area contributed by atoms with E-state index >= 15 is 0 Å². The highest BCUT2D eigenvalue weighted by Gasteiger charge is 2.54. The summed E-state index contributed by atoms with van der Waals surface area (Å²) in [4.78, 5) is 54.9. The summed E-state index contributed by atoms with van der Waals surface area (Å²) in [6, 6.07) is 8.43. The van der Waals surface area contributed by atoms with Crippen LogP contribution in [-0.4, -0.2) is 62.9 Å². The van der Waals surface area contributed by atoms with E-state index in [0.717, 1.165) is 5.56 Å². The lowest BCUT2D eigenvalue weighted by molar-refractivity contribution is -0.150. The van der Waals surface area contributed by atoms with Gasteiger partial charge in [0.25, 0.3) is 5.91 Å². The van der Waals surface area contributed by atoms with E-state index < -0.39 is 23.3 Å². The van der Waals surface area contributed by atoms with Crippen LogP contribution in [0.4, 0.5) is 0 Å². The first-order chi connectivity index (χ1) is 15.9. The molecule has 2 aromatic rings. The average molecular weight is 505 g/mol. The normalized spacial score (nSPS) is 19.5. The highest BCUT2D eigenvalue weighted by atomic mass is 32.2. The van der Waals surface area contributed by atoms with Crippen molar-refractivity contribution in [3.05, 3.63) is 57.6 Å². The maximum atomic E-state index is 12.8. The minimum atomic E-state index is -1.20. The van der Waals surface area contributed by atoms with Crippen LogP contribution in [0, 0.1) is 0 Å². The number of benzene rings is 1. The van der Waals surface area contributed by atoms with Gasteiger partial charge in [-0.25, -0.2) is 9.78 Å². The molecule has 3 heterocycles. The molecule has 0 aliphatic carbocycles. The molecule has 12 heteroatoms. The van der Waals surface area contributed by atoms with Crippen molar-refractivity contribution in [3.8, 4) is 0 Å². The minimum Gasteiger partial charge on any atom is -0.477 e. The van der Waals surface area contributed by atoms with E-state index in [9.17, 15) is 24.3 Å². The van der Waals surface area contributed by atoms with Gasteiger partial charge in [0.2, 0.25) is 11.8 Å². The highest BCUT2D eigenvalue weighted by molar-refractivity contribution is 8.07. The van der Waals surface area contributed by atoms with Gasteiger partial charge in [0.1, 0.15) is 17.1 Å². The molecule has 0 spiro atoms. The number of carboxylic acids is 1. The van der Waals surface area contributed by atoms with Crippen LogP contribution in [0.3, 0.4) is 0 Å². The number of hydrogen-bond donors (Lipinski definition) is 3. The van der Waals surface area contributed by atoms with E-state index in [1.165, 1.54) is 39.8 Å². The number of carbonyl (C=O) groups excluding carboxylic acids is 3. The first-order valence-corrected chi connectivity index (χ1v) is 12.7. The first kappa shape index (κ1) is 23.3. The summed E-state index contributed by atoms with van der Waals surface area (Å²) in [5.74, 6) is -1.72. The van der Waals surface area contributed by atoms with Gasteiger partial charge in [-0.3, -0.25) is 19.3 Å². The Hall–Kier alpha value is -2.83. The number of aliphatic carboxylic acids is 1. The standard InChI is InChI=1S/C21H20N4O5S3/c1-22-14(26)8-12-9-32-21(23-12)33-13-10-31-19-16(18(28)25(19)17(13)20(29)30)24-15(27)7-11-5-3-2-4-6-11/h2-6,9,16,19H,7-8,10H2,1H3,(H,22,26)(H,24,27)(H,29,30)/t16-,19+/m1/s1. The number of likely N-dealkylation sites (N-methyl/N-ethyl adjacent to an activating group) is 1. The molecule has 2 aliphatic heterocycles. The number of thioether (sulfide) groups is 2. The van der Waals surface area contributed by atoms with Crippen molar-refractivity contribution in [3.63, 3.8) is 0 Å². The topological polar surface area (TPSA) is 129 Å².